The van der Waals surface area contributed by atoms with Gasteiger partial charge in [0.05, 0.1) is 0 Å². The average molecular weight is 184 g/mol. The van der Waals surface area contributed by atoms with Gasteiger partial charge in [0, 0.05) is 32.2 Å². The Kier molecular flexibility index (Phi) is 4.74. The number of nitrogens with one attached hydrogen (secondary N) is 1. The Bertz CT molecular complexity index is 132. The average Bonchev–Trinajstić information content (AvgIpc) is 2.17. The fourth-order valence-corrected chi connectivity index (χ4v) is 2.03. The van der Waals surface area contributed by atoms with Crippen molar-refractivity contribution in [3.63, 3.8) is 0 Å². The van der Waals surface area contributed by atoms with Gasteiger partial charge in [0.2, 0.25) is 0 Å². The highest BCUT2D eigenvalue weighted by Crippen LogP contribution is 2.12. The molecule has 78 valence electrons. The maximum Gasteiger partial charge on any atom is 0.0193 e. The summed E-state index contributed by atoms with van der Waals surface area (Å²) in [7, 11) is 0. The van der Waals surface area contributed by atoms with Crippen LogP contribution in [0.2, 0.25) is 0 Å². The van der Waals surface area contributed by atoms with Gasteiger partial charge < -0.3 is 5.32 Å². The molecule has 1 heterocycles. The van der Waals surface area contributed by atoms with Gasteiger partial charge >= 0.3 is 0 Å². The molecule has 1 aliphatic rings. The lowest BCUT2D eigenvalue weighted by Gasteiger charge is -2.36. The van der Waals surface area contributed by atoms with Crippen molar-refractivity contribution in [2.24, 2.45) is 5.92 Å². The van der Waals surface area contributed by atoms with Gasteiger partial charge in [0.15, 0.2) is 0 Å². The fraction of sp³-hybridized carbons (Fsp3) is 1.00. The second-order valence-electron chi connectivity index (χ2n) is 4.23. The summed E-state index contributed by atoms with van der Waals surface area (Å²) in [6.07, 6.45) is 2.65. The van der Waals surface area contributed by atoms with E-state index < -0.39 is 0 Å². The summed E-state index contributed by atoms with van der Waals surface area (Å²) in [5.41, 5.74) is 0. The third-order valence-corrected chi connectivity index (χ3v) is 3.29. The van der Waals surface area contributed by atoms with Gasteiger partial charge in [0.1, 0.15) is 0 Å². The molecule has 13 heavy (non-hydrogen) atoms. The predicted octanol–water partition coefficient (Wildman–Crippen LogP) is 1.72. The highest BCUT2D eigenvalue weighted by Gasteiger charge is 2.19. The molecule has 1 fully saturated rings. The van der Waals surface area contributed by atoms with Crippen LogP contribution in [0, 0.1) is 5.92 Å². The van der Waals surface area contributed by atoms with E-state index in [1.807, 2.05) is 0 Å². The molecule has 0 bridgehead atoms. The third kappa shape index (κ3) is 3.28. The zero-order valence-corrected chi connectivity index (χ0v) is 9.34. The predicted molar refractivity (Wildman–Crippen MR) is 58.0 cm³/mol. The minimum atomic E-state index is 0.731. The lowest BCUT2D eigenvalue weighted by Crippen LogP contribution is -2.51. The Morgan fingerprint density at radius 1 is 1.38 bits per heavy atom. The van der Waals surface area contributed by atoms with Crippen LogP contribution >= 0.6 is 0 Å². The minimum Gasteiger partial charge on any atom is -0.314 e. The normalized spacial score (nSPS) is 25.4. The Balaban J connectivity index is 2.32. The highest BCUT2D eigenvalue weighted by atomic mass is 15.2. The molecule has 0 aliphatic carbocycles. The molecule has 1 rings (SSSR count). The van der Waals surface area contributed by atoms with Gasteiger partial charge in [-0.1, -0.05) is 26.7 Å². The molecule has 2 nitrogen and oxygen atoms in total. The van der Waals surface area contributed by atoms with Gasteiger partial charge in [-0.3, -0.25) is 4.90 Å². The van der Waals surface area contributed by atoms with E-state index in [1.165, 1.54) is 39.0 Å². The molecule has 0 saturated carbocycles. The van der Waals surface area contributed by atoms with Crippen molar-refractivity contribution < 1.29 is 0 Å². The van der Waals surface area contributed by atoms with Gasteiger partial charge in [-0.2, -0.15) is 0 Å². The van der Waals surface area contributed by atoms with Gasteiger partial charge in [-0.05, 0) is 12.8 Å². The molecule has 0 spiro atoms. The lowest BCUT2D eigenvalue weighted by atomic mass is 10.0. The number of hydrogen-bond acceptors (Lipinski definition) is 2. The maximum atomic E-state index is 3.43. The number of piperazine rings is 1. The standard InChI is InChI=1S/C11H24N2/c1-4-11(5-2)9-13-7-6-12-8-10(13)3/h10-12H,4-9H2,1-3H3/t10-/m1/s1. The quantitative estimate of drug-likeness (QED) is 0.715. The van der Waals surface area contributed by atoms with Crippen molar-refractivity contribution >= 4 is 0 Å². The third-order valence-electron chi connectivity index (χ3n) is 3.29. The first kappa shape index (κ1) is 11.0. The topological polar surface area (TPSA) is 15.3 Å². The summed E-state index contributed by atoms with van der Waals surface area (Å²) in [5, 5.41) is 3.43. The van der Waals surface area contributed by atoms with E-state index in [9.17, 15) is 0 Å². The van der Waals surface area contributed by atoms with E-state index in [1.54, 1.807) is 0 Å². The Morgan fingerprint density at radius 2 is 2.08 bits per heavy atom. The monoisotopic (exact) mass is 184 g/mol. The number of nitrogens with zero attached hydrogens (tertiary/aromatic N) is 1. The fourth-order valence-electron chi connectivity index (χ4n) is 2.03. The van der Waals surface area contributed by atoms with Crippen molar-refractivity contribution in [2.75, 3.05) is 26.2 Å². The van der Waals surface area contributed by atoms with Gasteiger partial charge in [-0.25, -0.2) is 0 Å². The van der Waals surface area contributed by atoms with Crippen LogP contribution < -0.4 is 5.32 Å². The molecule has 1 aliphatic heterocycles. The highest BCUT2D eigenvalue weighted by molar-refractivity contribution is 4.77. The molecule has 0 aromatic rings. The molecule has 0 radical (unpaired) electrons. The SMILES string of the molecule is CCC(CC)CN1CCNC[C@H]1C. The molecule has 2 heteroatoms. The summed E-state index contributed by atoms with van der Waals surface area (Å²) in [6, 6.07) is 0.731. The first-order valence-electron chi connectivity index (χ1n) is 5.72. The summed E-state index contributed by atoms with van der Waals surface area (Å²) < 4.78 is 0. The van der Waals surface area contributed by atoms with Crippen molar-refractivity contribution in [1.29, 1.82) is 0 Å². The first-order chi connectivity index (χ1) is 6.27. The Labute approximate surface area is 82.7 Å². The number of rotatable bonds is 4. The van der Waals surface area contributed by atoms with Crippen LogP contribution in [0.4, 0.5) is 0 Å². The van der Waals surface area contributed by atoms with Crippen LogP contribution in [0.25, 0.3) is 0 Å². The summed E-state index contributed by atoms with van der Waals surface area (Å²) in [4.78, 5) is 2.63. The largest absolute Gasteiger partial charge is 0.314 e. The molecular formula is C11H24N2. The molecular weight excluding hydrogens is 160 g/mol. The van der Waals surface area contributed by atoms with Crippen LogP contribution in [-0.4, -0.2) is 37.1 Å². The second kappa shape index (κ2) is 5.61. The van der Waals surface area contributed by atoms with Crippen LogP contribution in [-0.2, 0) is 0 Å². The van der Waals surface area contributed by atoms with Crippen LogP contribution in [0.3, 0.4) is 0 Å². The molecule has 1 saturated heterocycles. The minimum absolute atomic E-state index is 0.731. The van der Waals surface area contributed by atoms with E-state index in [4.69, 9.17) is 0 Å². The Morgan fingerprint density at radius 3 is 2.62 bits per heavy atom. The van der Waals surface area contributed by atoms with E-state index >= 15 is 0 Å². The van der Waals surface area contributed by atoms with Crippen molar-refractivity contribution in [3.05, 3.63) is 0 Å². The summed E-state index contributed by atoms with van der Waals surface area (Å²) in [5.74, 6) is 0.903. The van der Waals surface area contributed by atoms with Crippen LogP contribution in [0.15, 0.2) is 0 Å². The molecule has 1 N–H and O–H groups in total. The van der Waals surface area contributed by atoms with Crippen molar-refractivity contribution in [3.8, 4) is 0 Å². The van der Waals surface area contributed by atoms with E-state index in [2.05, 4.69) is 31.0 Å². The molecule has 0 unspecified atom stereocenters. The van der Waals surface area contributed by atoms with Crippen molar-refractivity contribution in [2.45, 2.75) is 39.7 Å². The lowest BCUT2D eigenvalue weighted by molar-refractivity contribution is 0.144. The first-order valence-corrected chi connectivity index (χ1v) is 5.72. The summed E-state index contributed by atoms with van der Waals surface area (Å²) in [6.45, 7) is 11.8. The van der Waals surface area contributed by atoms with Crippen LogP contribution in [0.5, 0.6) is 0 Å². The van der Waals surface area contributed by atoms with E-state index in [0.717, 1.165) is 12.0 Å². The van der Waals surface area contributed by atoms with E-state index in [0.29, 0.717) is 0 Å². The van der Waals surface area contributed by atoms with Crippen molar-refractivity contribution in [1.82, 2.24) is 10.2 Å². The van der Waals surface area contributed by atoms with Crippen LogP contribution in [0.1, 0.15) is 33.6 Å². The van der Waals surface area contributed by atoms with E-state index in [-0.39, 0.29) is 0 Å². The summed E-state index contributed by atoms with van der Waals surface area (Å²) >= 11 is 0. The zero-order valence-electron chi connectivity index (χ0n) is 9.34. The Hall–Kier alpha value is -0.0800. The maximum absolute atomic E-state index is 3.43. The molecule has 0 amide bonds. The van der Waals surface area contributed by atoms with Gasteiger partial charge in [-0.15, -0.1) is 0 Å². The molecule has 1 atom stereocenters. The number of hydrogen-bond donors (Lipinski definition) is 1. The van der Waals surface area contributed by atoms with Gasteiger partial charge in [0.25, 0.3) is 0 Å². The molecule has 0 aromatic carbocycles. The smallest absolute Gasteiger partial charge is 0.0193 e. The second-order valence-corrected chi connectivity index (χ2v) is 4.23. The molecule has 0 aromatic heterocycles. The zero-order chi connectivity index (χ0) is 9.68.